The van der Waals surface area contributed by atoms with Crippen molar-refractivity contribution in [3.63, 3.8) is 0 Å². The van der Waals surface area contributed by atoms with E-state index >= 15 is 0 Å². The zero-order valence-corrected chi connectivity index (χ0v) is 11.1. The van der Waals surface area contributed by atoms with Crippen molar-refractivity contribution in [2.45, 2.75) is 19.9 Å². The summed E-state index contributed by atoms with van der Waals surface area (Å²) in [5.41, 5.74) is 0.456. The van der Waals surface area contributed by atoms with Gasteiger partial charge in [0.15, 0.2) is 11.6 Å². The maximum Gasteiger partial charge on any atom is 0.326 e. The molecule has 0 amide bonds. The molecule has 6 heteroatoms. The van der Waals surface area contributed by atoms with Gasteiger partial charge in [-0.25, -0.2) is 8.78 Å². The maximum absolute atomic E-state index is 13.1. The Balaban J connectivity index is 2.70. The van der Waals surface area contributed by atoms with Gasteiger partial charge >= 0.3 is 5.97 Å². The van der Waals surface area contributed by atoms with Gasteiger partial charge in [0.2, 0.25) is 0 Å². The number of ether oxygens (including phenoxy) is 2. The van der Waals surface area contributed by atoms with Crippen LogP contribution in [-0.4, -0.2) is 32.3 Å². The molecule has 1 atom stereocenters. The van der Waals surface area contributed by atoms with Crippen molar-refractivity contribution in [2.24, 2.45) is 0 Å². The van der Waals surface area contributed by atoms with Gasteiger partial charge in [0.1, 0.15) is 18.4 Å². The predicted octanol–water partition coefficient (Wildman–Crippen LogP) is 1.80. The molecular weight excluding hydrogens is 256 g/mol. The van der Waals surface area contributed by atoms with Crippen molar-refractivity contribution < 1.29 is 23.0 Å². The van der Waals surface area contributed by atoms with Crippen molar-refractivity contribution in [1.29, 1.82) is 0 Å². The molecule has 0 fully saturated rings. The Hall–Kier alpha value is -1.69. The van der Waals surface area contributed by atoms with E-state index in [1.54, 1.807) is 20.9 Å². The summed E-state index contributed by atoms with van der Waals surface area (Å²) >= 11 is 0. The molecule has 1 rings (SSSR count). The van der Waals surface area contributed by atoms with Crippen LogP contribution in [-0.2, 0) is 9.53 Å². The first-order valence-corrected chi connectivity index (χ1v) is 5.92. The summed E-state index contributed by atoms with van der Waals surface area (Å²) < 4.78 is 36.2. The normalized spacial score (nSPS) is 12.1. The molecule has 0 saturated carbocycles. The number of hydrogen-bond donors (Lipinski definition) is 1. The lowest BCUT2D eigenvalue weighted by molar-refractivity contribution is -0.146. The molecule has 0 aliphatic rings. The molecule has 0 aliphatic carbocycles. The Labute approximate surface area is 110 Å². The summed E-state index contributed by atoms with van der Waals surface area (Å²) in [6, 6.07) is 1.35. The second kappa shape index (κ2) is 7.04. The minimum Gasteiger partial charge on any atom is -0.491 e. The van der Waals surface area contributed by atoms with Gasteiger partial charge in [0.05, 0.1) is 6.61 Å². The monoisotopic (exact) mass is 273 g/mol. The quantitative estimate of drug-likeness (QED) is 0.803. The number of nitrogens with one attached hydrogen (secondary N) is 1. The highest BCUT2D eigenvalue weighted by atomic mass is 19.2. The lowest BCUT2D eigenvalue weighted by Gasteiger charge is -2.16. The smallest absolute Gasteiger partial charge is 0.326 e. The van der Waals surface area contributed by atoms with Crippen LogP contribution in [0.1, 0.15) is 12.5 Å². The molecule has 1 aromatic rings. The van der Waals surface area contributed by atoms with Crippen LogP contribution in [0.15, 0.2) is 12.1 Å². The van der Waals surface area contributed by atoms with E-state index in [2.05, 4.69) is 5.32 Å². The molecule has 19 heavy (non-hydrogen) atoms. The first-order chi connectivity index (χ1) is 8.99. The van der Waals surface area contributed by atoms with Gasteiger partial charge < -0.3 is 14.8 Å². The average Bonchev–Trinajstić information content (AvgIpc) is 2.36. The third-order valence-corrected chi connectivity index (χ3v) is 2.54. The fourth-order valence-corrected chi connectivity index (χ4v) is 1.47. The molecule has 0 aromatic heterocycles. The number of rotatable bonds is 6. The fourth-order valence-electron chi connectivity index (χ4n) is 1.47. The minimum absolute atomic E-state index is 0.0265. The van der Waals surface area contributed by atoms with E-state index in [0.29, 0.717) is 5.56 Å². The first kappa shape index (κ1) is 15.4. The summed E-state index contributed by atoms with van der Waals surface area (Å²) in [5.74, 6) is -2.17. The van der Waals surface area contributed by atoms with Crippen molar-refractivity contribution in [1.82, 2.24) is 5.32 Å². The van der Waals surface area contributed by atoms with Crippen LogP contribution in [0.5, 0.6) is 5.75 Å². The maximum atomic E-state index is 13.1. The van der Waals surface area contributed by atoms with E-state index in [0.717, 1.165) is 12.1 Å². The van der Waals surface area contributed by atoms with Crippen LogP contribution >= 0.6 is 0 Å². The van der Waals surface area contributed by atoms with Crippen LogP contribution in [0.4, 0.5) is 8.78 Å². The Morgan fingerprint density at radius 2 is 2.00 bits per heavy atom. The van der Waals surface area contributed by atoms with Gasteiger partial charge in [-0.05, 0) is 32.5 Å². The molecule has 0 spiro atoms. The van der Waals surface area contributed by atoms with Crippen LogP contribution in [0, 0.1) is 18.6 Å². The zero-order chi connectivity index (χ0) is 14.4. The standard InChI is InChI=1S/C13H17F2NO3/c1-4-18-13(17)11(16-3)7-19-12-6-10(15)9(14)5-8(12)2/h5-6,11,16H,4,7H2,1-3H3. The highest BCUT2D eigenvalue weighted by Crippen LogP contribution is 2.21. The number of hydrogen-bond acceptors (Lipinski definition) is 4. The fraction of sp³-hybridized carbons (Fsp3) is 0.462. The second-order valence-electron chi connectivity index (χ2n) is 3.94. The van der Waals surface area contributed by atoms with Crippen molar-refractivity contribution >= 4 is 5.97 Å². The van der Waals surface area contributed by atoms with Crippen molar-refractivity contribution in [2.75, 3.05) is 20.3 Å². The highest BCUT2D eigenvalue weighted by molar-refractivity contribution is 5.75. The van der Waals surface area contributed by atoms with Crippen LogP contribution in [0.3, 0.4) is 0 Å². The zero-order valence-electron chi connectivity index (χ0n) is 11.1. The summed E-state index contributed by atoms with van der Waals surface area (Å²) in [7, 11) is 1.59. The molecule has 0 saturated heterocycles. The minimum atomic E-state index is -0.988. The van der Waals surface area contributed by atoms with Gasteiger partial charge in [0, 0.05) is 6.07 Å². The molecule has 1 unspecified atom stereocenters. The number of likely N-dealkylation sites (N-methyl/N-ethyl adjacent to an activating group) is 1. The van der Waals surface area contributed by atoms with E-state index in [9.17, 15) is 13.6 Å². The van der Waals surface area contributed by atoms with Crippen LogP contribution in [0.2, 0.25) is 0 Å². The van der Waals surface area contributed by atoms with Crippen LogP contribution in [0.25, 0.3) is 0 Å². The predicted molar refractivity (Wildman–Crippen MR) is 66.1 cm³/mol. The summed E-state index contributed by atoms with van der Waals surface area (Å²) in [4.78, 5) is 11.5. The molecule has 0 heterocycles. The number of carbonyl (C=O) groups excluding carboxylic acids is 1. The Morgan fingerprint density at radius 3 is 2.58 bits per heavy atom. The lowest BCUT2D eigenvalue weighted by Crippen LogP contribution is -2.40. The summed E-state index contributed by atoms with van der Waals surface area (Å²) in [6.07, 6.45) is 0. The number of halogens is 2. The molecule has 106 valence electrons. The van der Waals surface area contributed by atoms with Gasteiger partial charge in [-0.15, -0.1) is 0 Å². The molecule has 1 N–H and O–H groups in total. The Morgan fingerprint density at radius 1 is 1.37 bits per heavy atom. The second-order valence-corrected chi connectivity index (χ2v) is 3.94. The topological polar surface area (TPSA) is 47.6 Å². The number of benzene rings is 1. The van der Waals surface area contributed by atoms with Crippen molar-refractivity contribution in [3.8, 4) is 5.75 Å². The number of aryl methyl sites for hydroxylation is 1. The van der Waals surface area contributed by atoms with E-state index in [4.69, 9.17) is 9.47 Å². The summed E-state index contributed by atoms with van der Waals surface area (Å²) in [6.45, 7) is 3.53. The lowest BCUT2D eigenvalue weighted by atomic mass is 10.2. The van der Waals surface area contributed by atoms with Crippen molar-refractivity contribution in [3.05, 3.63) is 29.3 Å². The van der Waals surface area contributed by atoms with Gasteiger partial charge in [-0.2, -0.15) is 0 Å². The Kier molecular flexibility index (Phi) is 5.69. The summed E-state index contributed by atoms with van der Waals surface area (Å²) in [5, 5.41) is 2.73. The van der Waals surface area contributed by atoms with Gasteiger partial charge in [-0.3, -0.25) is 4.79 Å². The first-order valence-electron chi connectivity index (χ1n) is 5.92. The van der Waals surface area contributed by atoms with E-state index in [-0.39, 0.29) is 19.0 Å². The third kappa shape index (κ3) is 4.17. The molecular formula is C13H17F2NO3. The van der Waals surface area contributed by atoms with Crippen LogP contribution < -0.4 is 10.1 Å². The molecule has 0 radical (unpaired) electrons. The number of esters is 1. The Bertz CT molecular complexity index is 452. The average molecular weight is 273 g/mol. The van der Waals surface area contributed by atoms with E-state index < -0.39 is 23.6 Å². The SMILES string of the molecule is CCOC(=O)C(COc1cc(F)c(F)cc1C)NC. The largest absolute Gasteiger partial charge is 0.491 e. The molecule has 0 bridgehead atoms. The van der Waals surface area contributed by atoms with Gasteiger partial charge in [-0.1, -0.05) is 0 Å². The van der Waals surface area contributed by atoms with E-state index in [1.165, 1.54) is 0 Å². The molecule has 0 aliphatic heterocycles. The third-order valence-electron chi connectivity index (χ3n) is 2.54. The number of carbonyl (C=O) groups is 1. The molecule has 4 nitrogen and oxygen atoms in total. The van der Waals surface area contributed by atoms with Gasteiger partial charge in [0.25, 0.3) is 0 Å². The van der Waals surface area contributed by atoms with E-state index in [1.807, 2.05) is 0 Å². The highest BCUT2D eigenvalue weighted by Gasteiger charge is 2.19. The molecule has 1 aromatic carbocycles.